The second-order valence-electron chi connectivity index (χ2n) is 9.36. The molecule has 0 aromatic carbocycles. The number of hydrogen-bond acceptors (Lipinski definition) is 9. The fourth-order valence-corrected chi connectivity index (χ4v) is 7.11. The Kier molecular flexibility index (Phi) is 3.28. The Morgan fingerprint density at radius 2 is 1.82 bits per heavy atom. The summed E-state index contributed by atoms with van der Waals surface area (Å²) in [4.78, 5) is 24.3. The van der Waals surface area contributed by atoms with E-state index in [0.717, 1.165) is 0 Å². The van der Waals surface area contributed by atoms with Gasteiger partial charge in [-0.1, -0.05) is 6.92 Å². The number of esters is 2. The Morgan fingerprint density at radius 3 is 2.43 bits per heavy atom. The monoisotopic (exact) mass is 396 g/mol. The van der Waals surface area contributed by atoms with Gasteiger partial charge in [0.2, 0.25) is 0 Å². The molecular formula is C19H24O9. The van der Waals surface area contributed by atoms with E-state index in [1.54, 1.807) is 13.8 Å². The minimum Gasteiger partial charge on any atom is -0.460 e. The number of carbonyl (C=O) groups excluding carboxylic acids is 2. The highest BCUT2D eigenvalue weighted by Crippen LogP contribution is 2.74. The van der Waals surface area contributed by atoms with E-state index in [0.29, 0.717) is 5.57 Å². The molecule has 0 aromatic rings. The van der Waals surface area contributed by atoms with E-state index in [2.05, 4.69) is 0 Å². The summed E-state index contributed by atoms with van der Waals surface area (Å²) in [5.74, 6) is -2.37. The molecule has 9 heteroatoms. The molecule has 2 bridgehead atoms. The van der Waals surface area contributed by atoms with E-state index >= 15 is 0 Å². The topological polar surface area (TPSA) is 143 Å². The van der Waals surface area contributed by atoms with E-state index < -0.39 is 70.4 Å². The van der Waals surface area contributed by atoms with Gasteiger partial charge in [0.25, 0.3) is 0 Å². The SMILES string of the molecule is CC1=CC(=O)OC1[C@@]1(C)C[C@H]2OC(=O)[C@H](O)[C@]3(O)[C@]24CO[C@]3(C)C(O)C(O)C14. The molecule has 3 aliphatic heterocycles. The van der Waals surface area contributed by atoms with Crippen LogP contribution in [0, 0.1) is 16.7 Å². The minimum atomic E-state index is -2.17. The van der Waals surface area contributed by atoms with Gasteiger partial charge in [-0.3, -0.25) is 0 Å². The predicted octanol–water partition coefficient (Wildman–Crippen LogP) is -1.59. The fourth-order valence-electron chi connectivity index (χ4n) is 7.11. The van der Waals surface area contributed by atoms with E-state index in [4.69, 9.17) is 14.2 Å². The lowest BCUT2D eigenvalue weighted by atomic mass is 9.47. The first-order valence-electron chi connectivity index (χ1n) is 9.45. The van der Waals surface area contributed by atoms with Crippen molar-refractivity contribution < 1.29 is 44.2 Å². The van der Waals surface area contributed by atoms with Gasteiger partial charge < -0.3 is 34.6 Å². The van der Waals surface area contributed by atoms with Crippen LogP contribution in [0.2, 0.25) is 0 Å². The van der Waals surface area contributed by atoms with Crippen LogP contribution in [0.1, 0.15) is 27.2 Å². The van der Waals surface area contributed by atoms with E-state index in [-0.39, 0.29) is 13.0 Å². The molecule has 4 unspecified atom stereocenters. The smallest absolute Gasteiger partial charge is 0.338 e. The molecular weight excluding hydrogens is 372 g/mol. The Labute approximate surface area is 160 Å². The number of ether oxygens (including phenoxy) is 3. The highest BCUT2D eigenvalue weighted by molar-refractivity contribution is 5.86. The summed E-state index contributed by atoms with van der Waals surface area (Å²) in [7, 11) is 0. The van der Waals surface area contributed by atoms with Crippen LogP contribution in [-0.4, -0.2) is 80.7 Å². The third-order valence-corrected chi connectivity index (χ3v) is 8.24. The molecule has 4 fully saturated rings. The first-order chi connectivity index (χ1) is 12.9. The van der Waals surface area contributed by atoms with Gasteiger partial charge in [0.1, 0.15) is 29.5 Å². The molecule has 1 spiro atoms. The van der Waals surface area contributed by atoms with Crippen LogP contribution in [0.3, 0.4) is 0 Å². The lowest BCUT2D eigenvalue weighted by molar-refractivity contribution is -0.313. The van der Waals surface area contributed by atoms with Crippen LogP contribution in [0.25, 0.3) is 0 Å². The lowest BCUT2D eigenvalue weighted by Crippen LogP contribution is -2.81. The quantitative estimate of drug-likeness (QED) is 0.386. The molecule has 0 aromatic heterocycles. The van der Waals surface area contributed by atoms with Crippen LogP contribution < -0.4 is 0 Å². The summed E-state index contributed by atoms with van der Waals surface area (Å²) in [5, 5.41) is 44.5. The molecule has 2 saturated heterocycles. The first-order valence-corrected chi connectivity index (χ1v) is 9.45. The number of carbonyl (C=O) groups is 2. The van der Waals surface area contributed by atoms with Gasteiger partial charge in [-0.15, -0.1) is 0 Å². The van der Waals surface area contributed by atoms with E-state index in [9.17, 15) is 30.0 Å². The maximum absolute atomic E-state index is 12.4. The van der Waals surface area contributed by atoms with Crippen molar-refractivity contribution in [1.82, 2.24) is 0 Å². The zero-order chi connectivity index (χ0) is 20.4. The third-order valence-electron chi connectivity index (χ3n) is 8.24. The van der Waals surface area contributed by atoms with Crippen LogP contribution in [0.5, 0.6) is 0 Å². The zero-order valence-corrected chi connectivity index (χ0v) is 15.8. The molecule has 4 N–H and O–H groups in total. The molecule has 0 radical (unpaired) electrons. The summed E-state index contributed by atoms with van der Waals surface area (Å²) >= 11 is 0. The average Bonchev–Trinajstić information content (AvgIpc) is 3.16. The summed E-state index contributed by atoms with van der Waals surface area (Å²) in [6.45, 7) is 4.78. The third kappa shape index (κ3) is 1.58. The molecule has 2 aliphatic carbocycles. The van der Waals surface area contributed by atoms with Crippen LogP contribution in [-0.2, 0) is 23.8 Å². The second-order valence-corrected chi connectivity index (χ2v) is 9.36. The Balaban J connectivity index is 1.75. The predicted molar refractivity (Wildman–Crippen MR) is 89.5 cm³/mol. The molecule has 10 atom stereocenters. The summed E-state index contributed by atoms with van der Waals surface area (Å²) in [5.41, 5.74) is -5.60. The Bertz CT molecular complexity index is 824. The van der Waals surface area contributed by atoms with Gasteiger partial charge in [0, 0.05) is 17.4 Å². The Hall–Kier alpha value is -1.52. The van der Waals surface area contributed by atoms with E-state index in [1.165, 1.54) is 13.0 Å². The minimum absolute atomic E-state index is 0.118. The van der Waals surface area contributed by atoms with Crippen LogP contribution >= 0.6 is 0 Å². The van der Waals surface area contributed by atoms with E-state index in [1.807, 2.05) is 0 Å². The van der Waals surface area contributed by atoms with Crippen molar-refractivity contribution >= 4 is 11.9 Å². The maximum Gasteiger partial charge on any atom is 0.338 e. The van der Waals surface area contributed by atoms with Crippen molar-refractivity contribution in [3.8, 4) is 0 Å². The summed E-state index contributed by atoms with van der Waals surface area (Å²) in [6, 6.07) is 0. The Morgan fingerprint density at radius 1 is 1.14 bits per heavy atom. The zero-order valence-electron chi connectivity index (χ0n) is 15.8. The molecule has 28 heavy (non-hydrogen) atoms. The van der Waals surface area contributed by atoms with Gasteiger partial charge in [-0.05, 0) is 25.8 Å². The number of cyclic esters (lactones) is 1. The van der Waals surface area contributed by atoms with Crippen molar-refractivity contribution in [2.75, 3.05) is 6.61 Å². The largest absolute Gasteiger partial charge is 0.460 e. The molecule has 5 rings (SSSR count). The highest BCUT2D eigenvalue weighted by Gasteiger charge is 2.89. The average molecular weight is 396 g/mol. The molecule has 9 nitrogen and oxygen atoms in total. The molecule has 2 saturated carbocycles. The normalized spacial score (nSPS) is 59.6. The van der Waals surface area contributed by atoms with Crippen molar-refractivity contribution in [1.29, 1.82) is 0 Å². The van der Waals surface area contributed by atoms with Crippen molar-refractivity contribution in [2.24, 2.45) is 16.7 Å². The molecule has 5 aliphatic rings. The summed E-state index contributed by atoms with van der Waals surface area (Å²) < 4.78 is 16.8. The number of hydrogen-bond donors (Lipinski definition) is 4. The highest BCUT2D eigenvalue weighted by atomic mass is 16.6. The van der Waals surface area contributed by atoms with Gasteiger partial charge in [-0.25, -0.2) is 9.59 Å². The second kappa shape index (κ2) is 4.96. The first kappa shape index (κ1) is 18.5. The number of aliphatic hydroxyl groups excluding tert-OH is 3. The number of aliphatic hydroxyl groups is 4. The van der Waals surface area contributed by atoms with Gasteiger partial charge in [-0.2, -0.15) is 0 Å². The van der Waals surface area contributed by atoms with Gasteiger partial charge in [0.05, 0.1) is 18.1 Å². The van der Waals surface area contributed by atoms with Crippen molar-refractivity contribution in [3.05, 3.63) is 11.6 Å². The maximum atomic E-state index is 12.4. The molecule has 154 valence electrons. The summed E-state index contributed by atoms with van der Waals surface area (Å²) in [6.07, 6.45) is -4.92. The molecule has 0 amide bonds. The van der Waals surface area contributed by atoms with Crippen molar-refractivity contribution in [2.45, 2.75) is 68.9 Å². The van der Waals surface area contributed by atoms with Crippen LogP contribution in [0.4, 0.5) is 0 Å². The standard InChI is InChI=1S/C19H24O9/c1-7-4-9(20)28-14(7)16(2)5-8-18-6-26-17(3,12(22)10(21)11(16)18)19(18,25)13(23)15(24)27-8/h4,8,10-14,21-23,25H,5-6H2,1-3H3/t8-,10?,11?,12?,13+,14?,16+,17-,18-,19-/m1/s1. The number of rotatable bonds is 1. The lowest BCUT2D eigenvalue weighted by Gasteiger charge is -2.61. The van der Waals surface area contributed by atoms with Crippen LogP contribution in [0.15, 0.2) is 11.6 Å². The van der Waals surface area contributed by atoms with Gasteiger partial charge >= 0.3 is 11.9 Å². The fraction of sp³-hybridized carbons (Fsp3) is 0.789. The van der Waals surface area contributed by atoms with Crippen molar-refractivity contribution in [3.63, 3.8) is 0 Å². The molecule has 3 heterocycles. The van der Waals surface area contributed by atoms with Gasteiger partial charge in [0.15, 0.2) is 6.10 Å².